The van der Waals surface area contributed by atoms with Crippen LogP contribution in [0.3, 0.4) is 0 Å². The number of amides is 7. The van der Waals surface area contributed by atoms with Crippen LogP contribution in [0.2, 0.25) is 0 Å². The van der Waals surface area contributed by atoms with E-state index in [1.807, 2.05) is 19.9 Å². The molecule has 0 fully saturated rings. The van der Waals surface area contributed by atoms with Crippen LogP contribution in [-0.2, 0) is 61.6 Å². The SMILES string of the molecule is CCCCC(NC(=O)Cc1ccc(OS(=O)(=O)[O-])cc1)C(=O)NCC(=O)NC(CC1C=Nc2ccccc21)C(=O)NC(CCCC)C(=O)N(C)C(CC(=O)O)C(=O)NC(Cc1ccccc1)C(N)=O. The van der Waals surface area contributed by atoms with Crippen molar-refractivity contribution in [3.63, 3.8) is 0 Å². The molecule has 0 saturated heterocycles. The zero-order chi connectivity index (χ0) is 50.7. The number of carbonyl (C=O) groups is 8. The van der Waals surface area contributed by atoms with Crippen LogP contribution < -0.4 is 36.5 Å². The fourth-order valence-corrected chi connectivity index (χ4v) is 7.86. The molecule has 0 aliphatic carbocycles. The predicted molar refractivity (Wildman–Crippen MR) is 250 cm³/mol. The lowest BCUT2D eigenvalue weighted by molar-refractivity contribution is -0.147. The molecule has 372 valence electrons. The third kappa shape index (κ3) is 17.8. The monoisotopic (exact) mass is 975 g/mol. The fourth-order valence-electron chi connectivity index (χ4n) is 7.52. The lowest BCUT2D eigenvalue weighted by Gasteiger charge is -2.32. The molecule has 0 saturated carbocycles. The highest BCUT2D eigenvalue weighted by Crippen LogP contribution is 2.34. The topological polar surface area (TPSA) is 325 Å². The van der Waals surface area contributed by atoms with Crippen molar-refractivity contribution >= 4 is 69.6 Å². The first kappa shape index (κ1) is 54.4. The second-order valence-electron chi connectivity index (χ2n) is 16.5. The summed E-state index contributed by atoms with van der Waals surface area (Å²) in [6.07, 6.45) is 2.98. The number of para-hydroxylation sites is 1. The number of carbonyl (C=O) groups excluding carboxylic acids is 7. The molecule has 0 radical (unpaired) electrons. The molecule has 6 atom stereocenters. The van der Waals surface area contributed by atoms with Crippen molar-refractivity contribution in [3.8, 4) is 5.75 Å². The second kappa shape index (κ2) is 26.4. The highest BCUT2D eigenvalue weighted by Gasteiger charge is 2.37. The van der Waals surface area contributed by atoms with E-state index in [0.29, 0.717) is 42.5 Å². The van der Waals surface area contributed by atoms with Crippen LogP contribution in [0.5, 0.6) is 5.75 Å². The number of likely N-dealkylation sites (N-methyl/N-ethyl adjacent to an activating group) is 1. The van der Waals surface area contributed by atoms with Gasteiger partial charge in [0, 0.05) is 25.6 Å². The van der Waals surface area contributed by atoms with E-state index in [-0.39, 0.29) is 37.9 Å². The summed E-state index contributed by atoms with van der Waals surface area (Å²) in [5.41, 5.74) is 8.11. The number of aliphatic carboxylic acids is 1. The molecule has 3 aromatic rings. The average Bonchev–Trinajstić information content (AvgIpc) is 3.71. The molecule has 22 heteroatoms. The Bertz CT molecular complexity index is 2440. The average molecular weight is 976 g/mol. The van der Waals surface area contributed by atoms with Gasteiger partial charge in [-0.15, -0.1) is 0 Å². The van der Waals surface area contributed by atoms with Gasteiger partial charge in [-0.25, -0.2) is 8.42 Å². The normalized spacial score (nSPS) is 14.9. The van der Waals surface area contributed by atoms with Crippen molar-refractivity contribution in [2.24, 2.45) is 10.7 Å². The van der Waals surface area contributed by atoms with E-state index in [0.717, 1.165) is 10.5 Å². The number of carboxylic acid groups (broad SMARTS) is 1. The third-order valence-corrected chi connectivity index (χ3v) is 11.6. The highest BCUT2D eigenvalue weighted by atomic mass is 32.3. The summed E-state index contributed by atoms with van der Waals surface area (Å²) in [5.74, 6) is -7.64. The van der Waals surface area contributed by atoms with Gasteiger partial charge in [0.05, 0.1) is 25.1 Å². The van der Waals surface area contributed by atoms with E-state index in [9.17, 15) is 56.4 Å². The van der Waals surface area contributed by atoms with Gasteiger partial charge in [-0.2, -0.15) is 0 Å². The summed E-state index contributed by atoms with van der Waals surface area (Å²) in [4.78, 5) is 112. The maximum atomic E-state index is 14.3. The smallest absolute Gasteiger partial charge is 0.305 e. The van der Waals surface area contributed by atoms with Gasteiger partial charge < -0.3 is 51.1 Å². The zero-order valence-electron chi connectivity index (χ0n) is 38.6. The lowest BCUT2D eigenvalue weighted by Crippen LogP contribution is -2.59. The molecule has 7 amide bonds. The van der Waals surface area contributed by atoms with Crippen LogP contribution in [0.15, 0.2) is 83.9 Å². The van der Waals surface area contributed by atoms with Gasteiger partial charge in [-0.1, -0.05) is 100 Å². The molecule has 8 N–H and O–H groups in total. The number of primary amides is 1. The molecule has 0 spiro atoms. The van der Waals surface area contributed by atoms with Crippen LogP contribution >= 0.6 is 0 Å². The number of benzene rings is 3. The molecule has 0 bridgehead atoms. The predicted octanol–water partition coefficient (Wildman–Crippen LogP) is 1.42. The van der Waals surface area contributed by atoms with Crippen molar-refractivity contribution in [2.45, 2.75) is 114 Å². The Kier molecular flexibility index (Phi) is 20.8. The Morgan fingerprint density at radius 1 is 0.754 bits per heavy atom. The molecule has 3 aromatic carbocycles. The summed E-state index contributed by atoms with van der Waals surface area (Å²) >= 11 is 0. The molecule has 1 aliphatic heterocycles. The Balaban J connectivity index is 1.50. The lowest BCUT2D eigenvalue weighted by atomic mass is 9.93. The Hall–Kier alpha value is -7.20. The molecule has 0 aromatic heterocycles. The number of hydrogen-bond acceptors (Lipinski definition) is 13. The molecule has 4 rings (SSSR count). The maximum Gasteiger partial charge on any atom is 0.305 e. The first-order valence-electron chi connectivity index (χ1n) is 22.4. The van der Waals surface area contributed by atoms with Crippen LogP contribution in [0.25, 0.3) is 0 Å². The number of unbranched alkanes of at least 4 members (excludes halogenated alkanes) is 2. The van der Waals surface area contributed by atoms with Crippen molar-refractivity contribution < 1.29 is 60.6 Å². The standard InChI is InChI=1S/C47H60N8O13S/c1-4-6-16-35(51-40(56)24-30-19-21-32(22-20-30)68-69(65,66)67)44(61)50-28-41(57)52-38(25-31-27-49-34-18-12-11-15-33(31)34)45(62)53-36(17-7-5-2)47(64)55(3)39(26-42(58)59)46(63)54-37(43(48)60)23-29-13-9-8-10-14-29/h8-15,18-22,27,31,35-39H,4-7,16-17,23-26,28H2,1-3H3,(H2,48,60)(H,50,61)(H,51,56)(H,52,57)(H,53,62)(H,54,63)(H,58,59)(H,65,66,67)/p-1. The first-order valence-corrected chi connectivity index (χ1v) is 23.8. The van der Waals surface area contributed by atoms with E-state index in [1.165, 1.54) is 31.3 Å². The Labute approximate surface area is 400 Å². The van der Waals surface area contributed by atoms with Crippen LogP contribution in [0.1, 0.15) is 87.8 Å². The number of rotatable bonds is 28. The largest absolute Gasteiger partial charge is 0.716 e. The van der Waals surface area contributed by atoms with E-state index >= 15 is 0 Å². The number of nitrogens with one attached hydrogen (secondary N) is 5. The van der Waals surface area contributed by atoms with Crippen molar-refractivity contribution in [1.82, 2.24) is 31.5 Å². The number of carboxylic acids is 1. The van der Waals surface area contributed by atoms with Crippen LogP contribution in [-0.4, -0.2) is 120 Å². The van der Waals surface area contributed by atoms with Gasteiger partial charge in [0.25, 0.3) is 10.4 Å². The summed E-state index contributed by atoms with van der Waals surface area (Å²) in [7, 11) is -3.79. The van der Waals surface area contributed by atoms with Crippen molar-refractivity contribution in [2.75, 3.05) is 13.6 Å². The summed E-state index contributed by atoms with van der Waals surface area (Å²) in [6, 6.07) is 14.4. The summed E-state index contributed by atoms with van der Waals surface area (Å²) in [5, 5.41) is 22.8. The molecule has 6 unspecified atom stereocenters. The van der Waals surface area contributed by atoms with E-state index in [1.54, 1.807) is 54.7 Å². The minimum Gasteiger partial charge on any atom is -0.716 e. The number of fused-ring (bicyclic) bond motifs is 1. The molecular weight excluding hydrogens is 917 g/mol. The van der Waals surface area contributed by atoms with Crippen LogP contribution in [0.4, 0.5) is 5.69 Å². The number of nitrogens with zero attached hydrogens (tertiary/aromatic N) is 2. The van der Waals surface area contributed by atoms with E-state index < -0.39 is 107 Å². The minimum absolute atomic E-state index is 0.00428. The van der Waals surface area contributed by atoms with Crippen molar-refractivity contribution in [1.29, 1.82) is 0 Å². The Morgan fingerprint density at radius 3 is 1.99 bits per heavy atom. The van der Waals surface area contributed by atoms with Gasteiger partial charge in [0.1, 0.15) is 36.0 Å². The number of hydrogen-bond donors (Lipinski definition) is 7. The van der Waals surface area contributed by atoms with E-state index in [4.69, 9.17) is 5.73 Å². The van der Waals surface area contributed by atoms with Gasteiger partial charge in [0.2, 0.25) is 41.4 Å². The zero-order valence-corrected chi connectivity index (χ0v) is 39.4. The fraction of sp³-hybridized carbons (Fsp3) is 0.426. The van der Waals surface area contributed by atoms with Crippen molar-refractivity contribution in [3.05, 3.63) is 95.6 Å². The Morgan fingerprint density at radius 2 is 1.36 bits per heavy atom. The number of nitrogens with two attached hydrogens (primary N) is 1. The van der Waals surface area contributed by atoms with E-state index in [2.05, 4.69) is 35.8 Å². The van der Waals surface area contributed by atoms with Gasteiger partial charge in [-0.05, 0) is 54.2 Å². The molecule has 21 nitrogen and oxygen atoms in total. The molecular formula is C47H59N8O13S-. The third-order valence-electron chi connectivity index (χ3n) is 11.2. The van der Waals surface area contributed by atoms with Gasteiger partial charge >= 0.3 is 5.97 Å². The summed E-state index contributed by atoms with van der Waals surface area (Å²) < 4.78 is 37.0. The highest BCUT2D eigenvalue weighted by molar-refractivity contribution is 7.81. The van der Waals surface area contributed by atoms with Crippen LogP contribution in [0, 0.1) is 0 Å². The molecule has 1 heterocycles. The quantitative estimate of drug-likeness (QED) is 0.0401. The van der Waals surface area contributed by atoms with Gasteiger partial charge in [-0.3, -0.25) is 43.3 Å². The molecule has 69 heavy (non-hydrogen) atoms. The van der Waals surface area contributed by atoms with Gasteiger partial charge in [0.15, 0.2) is 0 Å². The number of aliphatic imine (C=N–C) groups is 1. The second-order valence-corrected chi connectivity index (χ2v) is 17.5. The molecule has 1 aliphatic rings. The summed E-state index contributed by atoms with van der Waals surface area (Å²) in [6.45, 7) is 3.11. The first-order chi connectivity index (χ1) is 32.8. The maximum absolute atomic E-state index is 14.3. The minimum atomic E-state index is -5.00.